The molecule has 0 unspecified atom stereocenters. The minimum atomic E-state index is -0.207. The molecule has 0 spiro atoms. The summed E-state index contributed by atoms with van der Waals surface area (Å²) in [6, 6.07) is 15.1. The van der Waals surface area contributed by atoms with Crippen LogP contribution in [0.4, 0.5) is 5.69 Å². The van der Waals surface area contributed by atoms with Crippen molar-refractivity contribution in [2.24, 2.45) is 0 Å². The average Bonchev–Trinajstić information content (AvgIpc) is 3.10. The first kappa shape index (κ1) is 23.6. The van der Waals surface area contributed by atoms with E-state index in [1.54, 1.807) is 16.7 Å². The molecule has 2 aromatic carbocycles. The van der Waals surface area contributed by atoms with Crippen molar-refractivity contribution < 1.29 is 14.1 Å². The van der Waals surface area contributed by atoms with Gasteiger partial charge in [0.2, 0.25) is 5.91 Å². The first-order valence-corrected chi connectivity index (χ1v) is 11.7. The summed E-state index contributed by atoms with van der Waals surface area (Å²) in [5, 5.41) is 6.92. The smallest absolute Gasteiger partial charge is 0.255 e. The molecule has 7 heteroatoms. The van der Waals surface area contributed by atoms with Gasteiger partial charge in [0.05, 0.1) is 11.3 Å². The summed E-state index contributed by atoms with van der Waals surface area (Å²) in [6.07, 6.45) is 0.762. The van der Waals surface area contributed by atoms with Gasteiger partial charge in [-0.05, 0) is 51.0 Å². The molecular formula is C25H29N3O3S. The zero-order valence-electron chi connectivity index (χ0n) is 19.0. The number of aryl methyl sites for hydroxylation is 3. The van der Waals surface area contributed by atoms with Gasteiger partial charge in [-0.25, -0.2) is 0 Å². The summed E-state index contributed by atoms with van der Waals surface area (Å²) in [6.45, 7) is 8.25. The van der Waals surface area contributed by atoms with Crippen LogP contribution in [0.1, 0.15) is 46.3 Å². The molecule has 2 amide bonds. The second-order valence-corrected chi connectivity index (χ2v) is 8.69. The lowest BCUT2D eigenvalue weighted by Gasteiger charge is -2.23. The maximum absolute atomic E-state index is 13.4. The fraction of sp³-hybridized carbons (Fsp3) is 0.320. The van der Waals surface area contributed by atoms with Gasteiger partial charge >= 0.3 is 0 Å². The summed E-state index contributed by atoms with van der Waals surface area (Å²) in [5.74, 6) is 1.10. The molecule has 0 saturated carbocycles. The normalized spacial score (nSPS) is 10.8. The van der Waals surface area contributed by atoms with Gasteiger partial charge in [-0.15, -0.1) is 11.8 Å². The Morgan fingerprint density at radius 3 is 2.47 bits per heavy atom. The maximum atomic E-state index is 13.4. The molecule has 0 aliphatic heterocycles. The van der Waals surface area contributed by atoms with Crippen molar-refractivity contribution >= 4 is 29.3 Å². The number of amides is 2. The van der Waals surface area contributed by atoms with Crippen molar-refractivity contribution in [3.8, 4) is 0 Å². The number of para-hydroxylation sites is 1. The van der Waals surface area contributed by atoms with Crippen LogP contribution >= 0.6 is 11.8 Å². The van der Waals surface area contributed by atoms with Crippen LogP contribution in [0.25, 0.3) is 0 Å². The van der Waals surface area contributed by atoms with Gasteiger partial charge in [-0.3, -0.25) is 9.59 Å². The van der Waals surface area contributed by atoms with E-state index in [1.165, 1.54) is 0 Å². The Morgan fingerprint density at radius 2 is 1.78 bits per heavy atom. The highest BCUT2D eigenvalue weighted by molar-refractivity contribution is 7.98. The Hall–Kier alpha value is -3.06. The molecule has 0 fully saturated rings. The van der Waals surface area contributed by atoms with Crippen LogP contribution in [-0.4, -0.2) is 35.0 Å². The van der Waals surface area contributed by atoms with Crippen molar-refractivity contribution in [3.05, 3.63) is 76.7 Å². The molecular weight excluding hydrogens is 422 g/mol. The largest absolute Gasteiger partial charge is 0.361 e. The monoisotopic (exact) mass is 451 g/mol. The fourth-order valence-corrected chi connectivity index (χ4v) is 4.59. The Morgan fingerprint density at radius 1 is 1.06 bits per heavy atom. The lowest BCUT2D eigenvalue weighted by molar-refractivity contribution is -0.116. The number of carbonyl (C=O) groups excluding carboxylic acids is 2. The summed E-state index contributed by atoms with van der Waals surface area (Å²) < 4.78 is 5.25. The van der Waals surface area contributed by atoms with Crippen LogP contribution in [0.5, 0.6) is 0 Å². The molecule has 0 atom stereocenters. The Bertz CT molecular complexity index is 1070. The minimum absolute atomic E-state index is 0.00384. The molecule has 1 aromatic heterocycles. The highest BCUT2D eigenvalue weighted by Gasteiger charge is 2.21. The predicted molar refractivity (Wildman–Crippen MR) is 128 cm³/mol. The van der Waals surface area contributed by atoms with E-state index in [2.05, 4.69) is 10.5 Å². The average molecular weight is 452 g/mol. The van der Waals surface area contributed by atoms with E-state index in [4.69, 9.17) is 4.52 Å². The molecule has 0 saturated heterocycles. The number of carbonyl (C=O) groups is 2. The van der Waals surface area contributed by atoms with Crippen LogP contribution in [0, 0.1) is 20.8 Å². The first-order valence-electron chi connectivity index (χ1n) is 10.7. The number of hydrogen-bond donors (Lipinski definition) is 1. The van der Waals surface area contributed by atoms with Crippen molar-refractivity contribution in [1.29, 1.82) is 0 Å². The lowest BCUT2D eigenvalue weighted by atomic mass is 10.2. The molecule has 0 radical (unpaired) electrons. The molecule has 0 bridgehead atoms. The quantitative estimate of drug-likeness (QED) is 0.442. The molecule has 1 N–H and O–H groups in total. The third kappa shape index (κ3) is 5.79. The van der Waals surface area contributed by atoms with Gasteiger partial charge in [0, 0.05) is 28.4 Å². The summed E-state index contributed by atoms with van der Waals surface area (Å²) in [7, 11) is 0. The van der Waals surface area contributed by atoms with Crippen molar-refractivity contribution in [3.63, 3.8) is 0 Å². The molecule has 6 nitrogen and oxygen atoms in total. The van der Waals surface area contributed by atoms with Gasteiger partial charge in [-0.1, -0.05) is 42.4 Å². The van der Waals surface area contributed by atoms with E-state index in [1.807, 2.05) is 76.2 Å². The third-order valence-corrected chi connectivity index (χ3v) is 6.31. The number of aromatic nitrogens is 1. The van der Waals surface area contributed by atoms with Gasteiger partial charge in [0.15, 0.2) is 0 Å². The fourth-order valence-electron chi connectivity index (χ4n) is 3.40. The van der Waals surface area contributed by atoms with E-state index < -0.39 is 0 Å². The maximum Gasteiger partial charge on any atom is 0.255 e. The predicted octanol–water partition coefficient (Wildman–Crippen LogP) is 5.38. The number of anilines is 1. The zero-order valence-corrected chi connectivity index (χ0v) is 19.8. The van der Waals surface area contributed by atoms with E-state index in [0.717, 1.165) is 39.6 Å². The number of benzene rings is 2. The standard InChI is InChI=1S/C25H29N3O3S/c1-5-14-28(15-24(29)26-22-12-8-6-10-17(22)2)25(30)20-11-7-9-13-23(20)32-16-21-18(3)27-31-19(21)4/h6-13H,5,14-16H2,1-4H3,(H,26,29). The third-order valence-electron chi connectivity index (χ3n) is 5.21. The van der Waals surface area contributed by atoms with Gasteiger partial charge in [0.1, 0.15) is 12.3 Å². The van der Waals surface area contributed by atoms with Crippen LogP contribution < -0.4 is 5.32 Å². The topological polar surface area (TPSA) is 75.4 Å². The molecule has 3 rings (SSSR count). The highest BCUT2D eigenvalue weighted by atomic mass is 32.2. The number of hydrogen-bond acceptors (Lipinski definition) is 5. The second kappa shape index (κ2) is 11.0. The summed E-state index contributed by atoms with van der Waals surface area (Å²) in [5.41, 5.74) is 4.24. The van der Waals surface area contributed by atoms with Gasteiger partial charge < -0.3 is 14.7 Å². The van der Waals surface area contributed by atoms with Gasteiger partial charge in [-0.2, -0.15) is 0 Å². The highest BCUT2D eigenvalue weighted by Crippen LogP contribution is 2.29. The molecule has 3 aromatic rings. The minimum Gasteiger partial charge on any atom is -0.361 e. The van der Waals surface area contributed by atoms with Crippen LogP contribution in [-0.2, 0) is 10.5 Å². The molecule has 168 valence electrons. The number of nitrogens with one attached hydrogen (secondary N) is 1. The summed E-state index contributed by atoms with van der Waals surface area (Å²) >= 11 is 1.57. The second-order valence-electron chi connectivity index (χ2n) is 7.68. The Kier molecular flexibility index (Phi) is 8.11. The molecule has 0 aliphatic carbocycles. The van der Waals surface area contributed by atoms with E-state index in [0.29, 0.717) is 17.9 Å². The van der Waals surface area contributed by atoms with Crippen molar-refractivity contribution in [2.45, 2.75) is 44.8 Å². The first-order chi connectivity index (χ1) is 15.4. The van der Waals surface area contributed by atoms with E-state index in [-0.39, 0.29) is 18.4 Å². The lowest BCUT2D eigenvalue weighted by Crippen LogP contribution is -2.38. The molecule has 1 heterocycles. The van der Waals surface area contributed by atoms with Crippen LogP contribution in [0.3, 0.4) is 0 Å². The van der Waals surface area contributed by atoms with Crippen LogP contribution in [0.2, 0.25) is 0 Å². The number of nitrogens with zero attached hydrogens (tertiary/aromatic N) is 2. The number of thioether (sulfide) groups is 1. The molecule has 0 aliphatic rings. The SMILES string of the molecule is CCCN(CC(=O)Nc1ccccc1C)C(=O)c1ccccc1SCc1c(C)noc1C. The van der Waals surface area contributed by atoms with E-state index >= 15 is 0 Å². The summed E-state index contributed by atoms with van der Waals surface area (Å²) in [4.78, 5) is 28.6. The zero-order chi connectivity index (χ0) is 23.1. The van der Waals surface area contributed by atoms with Crippen LogP contribution in [0.15, 0.2) is 57.9 Å². The van der Waals surface area contributed by atoms with Crippen molar-refractivity contribution in [2.75, 3.05) is 18.4 Å². The Labute approximate surface area is 193 Å². The molecule has 32 heavy (non-hydrogen) atoms. The van der Waals surface area contributed by atoms with Gasteiger partial charge in [0.25, 0.3) is 5.91 Å². The Balaban J connectivity index is 1.74. The van der Waals surface area contributed by atoms with E-state index in [9.17, 15) is 9.59 Å². The van der Waals surface area contributed by atoms with Crippen molar-refractivity contribution in [1.82, 2.24) is 10.1 Å². The number of rotatable bonds is 9.